The average Bonchev–Trinajstić information content (AvgIpc) is 3.69. The van der Waals surface area contributed by atoms with Crippen LogP contribution in [0.2, 0.25) is 5.02 Å². The van der Waals surface area contributed by atoms with Gasteiger partial charge in [0.25, 0.3) is 11.8 Å². The van der Waals surface area contributed by atoms with Gasteiger partial charge in [0.2, 0.25) is 11.8 Å². The van der Waals surface area contributed by atoms with E-state index in [-0.39, 0.29) is 104 Å². The Morgan fingerprint density at radius 2 is 1.45 bits per heavy atom. The fourth-order valence-corrected chi connectivity index (χ4v) is 7.69. The van der Waals surface area contributed by atoms with E-state index in [1.165, 1.54) is 19.3 Å². The van der Waals surface area contributed by atoms with Crippen LogP contribution < -0.4 is 20.7 Å². The van der Waals surface area contributed by atoms with Gasteiger partial charge in [-0.05, 0) is 67.5 Å². The lowest BCUT2D eigenvalue weighted by molar-refractivity contribution is -0.198. The van der Waals surface area contributed by atoms with Gasteiger partial charge in [-0.25, -0.2) is 14.4 Å². The molecular weight excluding hydrogens is 1020 g/mol. The molecule has 2 aliphatic rings. The maximum Gasteiger partial charge on any atom is 0.407 e. The number of imide groups is 1. The molecule has 420 valence electrons. The second kappa shape index (κ2) is 32.4. The Balaban J connectivity index is 1.19. The number of nitrogens with zero attached hydrogens (tertiary/aromatic N) is 1. The number of esters is 2. The van der Waals surface area contributed by atoms with Gasteiger partial charge in [-0.2, -0.15) is 0 Å². The van der Waals surface area contributed by atoms with E-state index in [1.807, 2.05) is 13.8 Å². The molecule has 1 fully saturated rings. The van der Waals surface area contributed by atoms with Crippen LogP contribution in [0.15, 0.2) is 54.6 Å². The first-order valence-corrected chi connectivity index (χ1v) is 25.7. The minimum absolute atomic E-state index is 0.00523. The summed E-state index contributed by atoms with van der Waals surface area (Å²) >= 11 is 6.35. The van der Waals surface area contributed by atoms with E-state index in [9.17, 15) is 43.5 Å². The lowest BCUT2D eigenvalue weighted by atomic mass is 9.90. The Labute approximate surface area is 448 Å². The van der Waals surface area contributed by atoms with E-state index in [2.05, 4.69) is 16.0 Å². The third-order valence-corrected chi connectivity index (χ3v) is 12.3. The summed E-state index contributed by atoms with van der Waals surface area (Å²) < 4.78 is 44.0. The van der Waals surface area contributed by atoms with E-state index in [1.54, 1.807) is 63.2 Å². The molecule has 2 aliphatic heterocycles. The van der Waals surface area contributed by atoms with Crippen molar-refractivity contribution in [2.24, 2.45) is 17.3 Å². The molecule has 0 bridgehead atoms. The number of aliphatic hydroxyl groups excluding tert-OH is 1. The van der Waals surface area contributed by atoms with Crippen LogP contribution in [-0.2, 0) is 91.0 Å². The number of amides is 5. The number of halogens is 1. The Kier molecular flexibility index (Phi) is 26.6. The normalized spacial score (nSPS) is 19.8. The maximum absolute atomic E-state index is 13.8. The molecule has 0 aliphatic carbocycles. The largest absolute Gasteiger partial charge is 0.495 e. The molecule has 2 heterocycles. The van der Waals surface area contributed by atoms with Crippen molar-refractivity contribution < 1.29 is 86.2 Å². The van der Waals surface area contributed by atoms with Crippen molar-refractivity contribution in [3.05, 3.63) is 76.3 Å². The zero-order chi connectivity index (χ0) is 55.6. The first-order chi connectivity index (χ1) is 36.3. The van der Waals surface area contributed by atoms with Crippen LogP contribution in [0.5, 0.6) is 5.75 Å². The van der Waals surface area contributed by atoms with E-state index >= 15 is 0 Å². The summed E-state index contributed by atoms with van der Waals surface area (Å²) in [5.74, 6) is -4.86. The van der Waals surface area contributed by atoms with Gasteiger partial charge in [0.15, 0.2) is 6.10 Å². The molecule has 76 heavy (non-hydrogen) atoms. The number of benzene rings is 2. The summed E-state index contributed by atoms with van der Waals surface area (Å²) in [7, 11) is 1.48. The predicted molar refractivity (Wildman–Crippen MR) is 272 cm³/mol. The van der Waals surface area contributed by atoms with E-state index in [0.29, 0.717) is 46.8 Å². The number of ether oxygens (including phenoxy) is 8. The number of aliphatic hydroxyl groups is 1. The van der Waals surface area contributed by atoms with Crippen molar-refractivity contribution in [2.45, 2.75) is 111 Å². The number of carbonyl (C=O) groups excluding carboxylic acids is 8. The second-order valence-electron chi connectivity index (χ2n) is 19.2. The summed E-state index contributed by atoms with van der Waals surface area (Å²) in [5, 5.41) is 20.4. The van der Waals surface area contributed by atoms with Crippen LogP contribution in [0, 0.1) is 17.3 Å². The van der Waals surface area contributed by atoms with Crippen molar-refractivity contribution in [3.63, 3.8) is 0 Å². The molecule has 4 N–H and O–H groups in total. The van der Waals surface area contributed by atoms with Crippen LogP contribution in [0.3, 0.4) is 0 Å². The van der Waals surface area contributed by atoms with Gasteiger partial charge in [-0.15, -0.1) is 5.06 Å². The highest BCUT2D eigenvalue weighted by Gasteiger charge is 2.38. The lowest BCUT2D eigenvalue weighted by Crippen LogP contribution is -2.51. The third-order valence-electron chi connectivity index (χ3n) is 12.0. The van der Waals surface area contributed by atoms with Gasteiger partial charge in [-0.1, -0.05) is 68.8 Å². The maximum atomic E-state index is 13.8. The SMILES string of the molecule is COc1ccc(C[C@H]2NC(=O)/C=C/C[C@@H](C(C)[C@H](O)Cc3ccc(COC(=O)NCCOCCOCCOCCOCCC(=O)ON4C(=O)CCC4=O)cc3)OC(=O)[C@H](CC(C)C)OC(=O)C(C)(C)CNC2=O)cc1Cl. The highest BCUT2D eigenvalue weighted by Crippen LogP contribution is 2.27. The lowest BCUT2D eigenvalue weighted by Gasteiger charge is -2.31. The number of hydrogen-bond donors (Lipinski definition) is 4. The number of methoxy groups -OCH3 is 1. The molecule has 1 saturated heterocycles. The quantitative estimate of drug-likeness (QED) is 0.0428. The summed E-state index contributed by atoms with van der Waals surface area (Å²) in [6, 6.07) is 11.0. The molecule has 22 nitrogen and oxygen atoms in total. The van der Waals surface area contributed by atoms with Gasteiger partial charge < -0.3 is 63.8 Å². The predicted octanol–water partition coefficient (Wildman–Crippen LogP) is 3.88. The summed E-state index contributed by atoms with van der Waals surface area (Å²) in [5.41, 5.74) is 0.781. The molecule has 5 atom stereocenters. The highest BCUT2D eigenvalue weighted by molar-refractivity contribution is 6.32. The Bertz CT molecular complexity index is 2260. The van der Waals surface area contributed by atoms with Crippen LogP contribution in [0.1, 0.15) is 83.4 Å². The second-order valence-corrected chi connectivity index (χ2v) is 19.6. The zero-order valence-electron chi connectivity index (χ0n) is 44.1. The van der Waals surface area contributed by atoms with Crippen LogP contribution in [-0.4, -0.2) is 155 Å². The molecule has 5 amide bonds. The van der Waals surface area contributed by atoms with E-state index in [4.69, 9.17) is 54.3 Å². The van der Waals surface area contributed by atoms with Crippen LogP contribution in [0.25, 0.3) is 0 Å². The van der Waals surface area contributed by atoms with Crippen LogP contribution >= 0.6 is 11.6 Å². The van der Waals surface area contributed by atoms with Gasteiger partial charge in [0.05, 0.1) is 82.9 Å². The Hall–Kier alpha value is -6.17. The smallest absolute Gasteiger partial charge is 0.407 e. The number of cyclic esters (lactones) is 2. The molecule has 0 aromatic heterocycles. The molecule has 0 radical (unpaired) electrons. The van der Waals surface area contributed by atoms with E-state index < -0.39 is 83.3 Å². The van der Waals surface area contributed by atoms with Crippen molar-refractivity contribution >= 4 is 59.2 Å². The molecular formula is C53H73ClN4O18. The average molecular weight is 1090 g/mol. The summed E-state index contributed by atoms with van der Waals surface area (Å²) in [6.45, 7) is 10.5. The molecule has 23 heteroatoms. The molecule has 0 saturated carbocycles. The minimum Gasteiger partial charge on any atom is -0.495 e. The first kappa shape index (κ1) is 62.4. The number of alkyl carbamates (subject to hydrolysis) is 1. The van der Waals surface area contributed by atoms with Gasteiger partial charge >= 0.3 is 24.0 Å². The number of nitrogens with one attached hydrogen (secondary N) is 3. The number of hydrogen-bond acceptors (Lipinski definition) is 18. The third kappa shape index (κ3) is 22.2. The fourth-order valence-electron chi connectivity index (χ4n) is 7.41. The van der Waals surface area contributed by atoms with Crippen molar-refractivity contribution in [1.82, 2.24) is 21.0 Å². The number of rotatable bonds is 27. The monoisotopic (exact) mass is 1090 g/mol. The van der Waals surface area contributed by atoms with Gasteiger partial charge in [0, 0.05) is 44.7 Å². The van der Waals surface area contributed by atoms with Crippen molar-refractivity contribution in [2.75, 3.05) is 73.1 Å². The number of hydroxylamine groups is 2. The fraction of sp³-hybridized carbons (Fsp3) is 0.585. The van der Waals surface area contributed by atoms with E-state index in [0.717, 1.165) is 5.56 Å². The zero-order valence-corrected chi connectivity index (χ0v) is 44.9. The van der Waals surface area contributed by atoms with Crippen molar-refractivity contribution in [1.29, 1.82) is 0 Å². The standard InChI is InChI=1S/C53H73ClN4O18/c1-34(2)28-44-50(65)74-42(8-7-9-45(60)57-40(30-38-14-15-43(68-6)39(54)29-38)49(64)56-33-53(4,5)51(66)75-44)35(3)41(59)31-36-10-12-37(13-11-36)32-73-52(67)55-19-21-70-23-25-72-27-26-71-24-22-69-20-18-48(63)76-58-46(61)16-17-47(58)62/h7,9-15,29,34-35,40-42,44,59H,8,16-28,30-33H2,1-6H3,(H,55,67)(H,56,64)(H,57,60)/b9-7+/t35?,40-,41-,42+,44+/m1/s1. The topological polar surface area (TPSA) is 279 Å². The molecule has 1 unspecified atom stereocenters. The molecule has 0 spiro atoms. The van der Waals surface area contributed by atoms with Gasteiger partial charge in [-0.3, -0.25) is 24.0 Å². The number of carbonyl (C=O) groups is 8. The summed E-state index contributed by atoms with van der Waals surface area (Å²) in [4.78, 5) is 106. The van der Waals surface area contributed by atoms with Crippen LogP contribution in [0.4, 0.5) is 4.79 Å². The first-order valence-electron chi connectivity index (χ1n) is 25.3. The molecule has 4 rings (SSSR count). The van der Waals surface area contributed by atoms with Crippen molar-refractivity contribution in [3.8, 4) is 5.75 Å². The molecule has 2 aromatic carbocycles. The Morgan fingerprint density at radius 1 is 0.842 bits per heavy atom. The molecule has 2 aromatic rings. The van der Waals surface area contributed by atoms with Gasteiger partial charge in [0.1, 0.15) is 24.5 Å². The highest BCUT2D eigenvalue weighted by atomic mass is 35.5. The summed E-state index contributed by atoms with van der Waals surface area (Å²) in [6.07, 6.45) is -0.930. The Morgan fingerprint density at radius 3 is 2.07 bits per heavy atom. The minimum atomic E-state index is -1.29.